The fourth-order valence-electron chi connectivity index (χ4n) is 2.39. The highest BCUT2D eigenvalue weighted by molar-refractivity contribution is 5.96. The van der Waals surface area contributed by atoms with Gasteiger partial charge in [-0.2, -0.15) is 0 Å². The van der Waals surface area contributed by atoms with Crippen molar-refractivity contribution in [2.45, 2.75) is 18.9 Å². The van der Waals surface area contributed by atoms with Crippen LogP contribution in [0.3, 0.4) is 0 Å². The molecule has 2 aromatic carbocycles. The Kier molecular flexibility index (Phi) is 3.39. The van der Waals surface area contributed by atoms with E-state index in [0.29, 0.717) is 12.2 Å². The zero-order valence-electron chi connectivity index (χ0n) is 11.4. The first-order valence-electron chi connectivity index (χ1n) is 6.78. The normalized spacial score (nSPS) is 17.5. The van der Waals surface area contributed by atoms with E-state index in [1.807, 2.05) is 24.3 Å². The van der Waals surface area contributed by atoms with Crippen LogP contribution in [0.15, 0.2) is 42.5 Å². The number of hydrogen-bond acceptors (Lipinski definition) is 4. The van der Waals surface area contributed by atoms with Crippen molar-refractivity contribution in [3.05, 3.63) is 48.0 Å². The third-order valence-corrected chi connectivity index (χ3v) is 3.56. The van der Waals surface area contributed by atoms with Gasteiger partial charge in [0.25, 0.3) is 5.91 Å². The van der Waals surface area contributed by atoms with E-state index in [0.717, 1.165) is 17.7 Å². The minimum Gasteiger partial charge on any atom is -0.506 e. The Bertz CT molecular complexity index is 685. The van der Waals surface area contributed by atoms with Crippen LogP contribution in [-0.2, 0) is 11.2 Å². The summed E-state index contributed by atoms with van der Waals surface area (Å²) in [5, 5.41) is 12.4. The first-order chi connectivity index (χ1) is 10.1. The van der Waals surface area contributed by atoms with Crippen LogP contribution in [0.25, 0.3) is 0 Å². The fourth-order valence-corrected chi connectivity index (χ4v) is 2.39. The van der Waals surface area contributed by atoms with Crippen LogP contribution >= 0.6 is 0 Å². The van der Waals surface area contributed by atoms with E-state index in [1.54, 1.807) is 12.1 Å². The van der Waals surface area contributed by atoms with Crippen LogP contribution in [0.2, 0.25) is 0 Å². The molecule has 1 heterocycles. The summed E-state index contributed by atoms with van der Waals surface area (Å²) in [4.78, 5) is 12.2. The molecule has 108 valence electrons. The molecule has 0 saturated carbocycles. The largest absolute Gasteiger partial charge is 0.506 e. The maximum absolute atomic E-state index is 12.2. The monoisotopic (exact) mass is 284 g/mol. The number of carbonyl (C=O) groups is 1. The molecule has 1 aliphatic heterocycles. The standard InChI is InChI=1S/C16H16N2O3/c17-15-12(19)6-3-7-13(15)21-14-9-8-10-4-1-2-5-11(10)18-16(14)20/h1-7,14,19H,8-9,17H2,(H,18,20). The third-order valence-electron chi connectivity index (χ3n) is 3.56. The van der Waals surface area contributed by atoms with Gasteiger partial charge in [-0.05, 0) is 36.6 Å². The molecule has 0 spiro atoms. The summed E-state index contributed by atoms with van der Waals surface area (Å²) in [6.07, 6.45) is 0.650. The minimum absolute atomic E-state index is 0.0511. The van der Waals surface area contributed by atoms with E-state index in [9.17, 15) is 9.90 Å². The Balaban J connectivity index is 1.82. The number of aryl methyl sites for hydroxylation is 1. The van der Waals surface area contributed by atoms with Crippen LogP contribution in [0.4, 0.5) is 11.4 Å². The average molecular weight is 284 g/mol. The zero-order chi connectivity index (χ0) is 14.8. The number of nitrogens with two attached hydrogens (primary N) is 1. The molecule has 0 saturated heterocycles. The molecule has 1 unspecified atom stereocenters. The van der Waals surface area contributed by atoms with Gasteiger partial charge in [-0.25, -0.2) is 0 Å². The Morgan fingerprint density at radius 1 is 1.19 bits per heavy atom. The van der Waals surface area contributed by atoms with E-state index in [1.165, 1.54) is 6.07 Å². The number of phenolic OH excluding ortho intramolecular Hbond substituents is 1. The van der Waals surface area contributed by atoms with Crippen molar-refractivity contribution in [1.82, 2.24) is 0 Å². The van der Waals surface area contributed by atoms with Crippen molar-refractivity contribution in [2.75, 3.05) is 11.1 Å². The number of nitrogen functional groups attached to an aromatic ring is 1. The van der Waals surface area contributed by atoms with Crippen molar-refractivity contribution >= 4 is 17.3 Å². The number of carbonyl (C=O) groups excluding carboxylic acids is 1. The first-order valence-corrected chi connectivity index (χ1v) is 6.78. The van der Waals surface area contributed by atoms with Crippen molar-refractivity contribution in [2.24, 2.45) is 0 Å². The molecule has 5 heteroatoms. The van der Waals surface area contributed by atoms with Gasteiger partial charge in [0.1, 0.15) is 17.2 Å². The second-order valence-corrected chi connectivity index (χ2v) is 4.98. The molecule has 0 radical (unpaired) electrons. The predicted octanol–water partition coefficient (Wildman–Crippen LogP) is 2.31. The van der Waals surface area contributed by atoms with E-state index in [-0.39, 0.29) is 17.3 Å². The number of rotatable bonds is 2. The van der Waals surface area contributed by atoms with Gasteiger partial charge in [-0.1, -0.05) is 24.3 Å². The van der Waals surface area contributed by atoms with Crippen molar-refractivity contribution in [1.29, 1.82) is 0 Å². The predicted molar refractivity (Wildman–Crippen MR) is 80.3 cm³/mol. The van der Waals surface area contributed by atoms with Gasteiger partial charge in [-0.15, -0.1) is 0 Å². The Morgan fingerprint density at radius 3 is 2.86 bits per heavy atom. The summed E-state index contributed by atoms with van der Waals surface area (Å²) in [6, 6.07) is 12.4. The lowest BCUT2D eigenvalue weighted by atomic mass is 10.1. The molecule has 2 aromatic rings. The molecule has 1 atom stereocenters. The van der Waals surface area contributed by atoms with Crippen molar-refractivity contribution in [3.8, 4) is 11.5 Å². The number of fused-ring (bicyclic) bond motifs is 1. The molecule has 0 bridgehead atoms. The second-order valence-electron chi connectivity index (χ2n) is 4.98. The lowest BCUT2D eigenvalue weighted by Gasteiger charge is -2.17. The summed E-state index contributed by atoms with van der Waals surface area (Å²) in [5.41, 5.74) is 7.81. The number of amides is 1. The van der Waals surface area contributed by atoms with E-state index < -0.39 is 6.10 Å². The van der Waals surface area contributed by atoms with Crippen molar-refractivity contribution < 1.29 is 14.6 Å². The Morgan fingerprint density at radius 2 is 2.00 bits per heavy atom. The number of para-hydroxylation sites is 2. The van der Waals surface area contributed by atoms with Crippen LogP contribution < -0.4 is 15.8 Å². The van der Waals surface area contributed by atoms with Gasteiger partial charge in [0.15, 0.2) is 6.10 Å². The molecule has 0 fully saturated rings. The molecule has 1 amide bonds. The molecule has 21 heavy (non-hydrogen) atoms. The number of anilines is 2. The second kappa shape index (κ2) is 5.36. The van der Waals surface area contributed by atoms with E-state index in [2.05, 4.69) is 5.32 Å². The van der Waals surface area contributed by atoms with Gasteiger partial charge in [0.2, 0.25) is 0 Å². The summed E-state index contributed by atoms with van der Waals surface area (Å²) in [5.74, 6) is 0.0635. The molecule has 3 rings (SSSR count). The number of nitrogens with one attached hydrogen (secondary N) is 1. The van der Waals surface area contributed by atoms with Gasteiger partial charge < -0.3 is 20.9 Å². The lowest BCUT2D eigenvalue weighted by molar-refractivity contribution is -0.122. The summed E-state index contributed by atoms with van der Waals surface area (Å²) >= 11 is 0. The summed E-state index contributed by atoms with van der Waals surface area (Å²) in [7, 11) is 0. The molecular weight excluding hydrogens is 268 g/mol. The van der Waals surface area contributed by atoms with E-state index in [4.69, 9.17) is 10.5 Å². The SMILES string of the molecule is Nc1c(O)cccc1OC1CCc2ccccc2NC1=O. The number of phenols is 1. The summed E-state index contributed by atoms with van der Waals surface area (Å²) < 4.78 is 5.69. The van der Waals surface area contributed by atoms with Crippen LogP contribution in [0.1, 0.15) is 12.0 Å². The quantitative estimate of drug-likeness (QED) is 0.583. The summed E-state index contributed by atoms with van der Waals surface area (Å²) in [6.45, 7) is 0. The Hall–Kier alpha value is -2.69. The maximum Gasteiger partial charge on any atom is 0.265 e. The number of hydrogen-bond donors (Lipinski definition) is 3. The molecular formula is C16H16N2O3. The number of ether oxygens (including phenoxy) is 1. The Labute approximate surface area is 122 Å². The van der Waals surface area contributed by atoms with Gasteiger partial charge in [-0.3, -0.25) is 4.79 Å². The van der Waals surface area contributed by atoms with Crippen LogP contribution in [0, 0.1) is 0 Å². The van der Waals surface area contributed by atoms with E-state index >= 15 is 0 Å². The van der Waals surface area contributed by atoms with Gasteiger partial charge in [0.05, 0.1) is 0 Å². The zero-order valence-corrected chi connectivity index (χ0v) is 11.4. The highest BCUT2D eigenvalue weighted by atomic mass is 16.5. The first kappa shape index (κ1) is 13.3. The van der Waals surface area contributed by atoms with Crippen LogP contribution in [0.5, 0.6) is 11.5 Å². The topological polar surface area (TPSA) is 84.6 Å². The molecule has 0 aromatic heterocycles. The highest BCUT2D eigenvalue weighted by Gasteiger charge is 2.25. The minimum atomic E-state index is -0.638. The van der Waals surface area contributed by atoms with Crippen molar-refractivity contribution in [3.63, 3.8) is 0 Å². The lowest BCUT2D eigenvalue weighted by Crippen LogP contribution is -2.32. The molecule has 1 aliphatic rings. The van der Waals surface area contributed by atoms with Gasteiger partial charge >= 0.3 is 0 Å². The smallest absolute Gasteiger partial charge is 0.265 e. The average Bonchev–Trinajstić information content (AvgIpc) is 2.63. The van der Waals surface area contributed by atoms with Gasteiger partial charge in [0, 0.05) is 5.69 Å². The third kappa shape index (κ3) is 2.63. The number of aromatic hydroxyl groups is 1. The molecule has 0 aliphatic carbocycles. The fraction of sp³-hybridized carbons (Fsp3) is 0.188. The highest BCUT2D eigenvalue weighted by Crippen LogP contribution is 2.32. The number of benzene rings is 2. The van der Waals surface area contributed by atoms with Crippen LogP contribution in [-0.4, -0.2) is 17.1 Å². The maximum atomic E-state index is 12.2. The molecule has 4 N–H and O–H groups in total. The molecule has 5 nitrogen and oxygen atoms in total.